The monoisotopic (exact) mass is 359 g/mol. The Morgan fingerprint density at radius 3 is 2.64 bits per heavy atom. The minimum Gasteiger partial charge on any atom is -0.494 e. The molecule has 0 amide bonds. The molecule has 0 unspecified atom stereocenters. The number of aromatic nitrogens is 2. The van der Waals surface area contributed by atoms with E-state index in [4.69, 9.17) is 15.5 Å². The topological polar surface area (TPSA) is 52.5 Å². The highest BCUT2D eigenvalue weighted by atomic mass is 79.9. The Morgan fingerprint density at radius 1 is 1.18 bits per heavy atom. The van der Waals surface area contributed by atoms with E-state index in [-0.39, 0.29) is 0 Å². The second-order valence-electron chi connectivity index (χ2n) is 5.06. The predicted octanol–water partition coefficient (Wildman–Crippen LogP) is 4.01. The van der Waals surface area contributed by atoms with Crippen molar-refractivity contribution in [2.24, 2.45) is 5.73 Å². The lowest BCUT2D eigenvalue weighted by atomic mass is 10.1. The Bertz CT molecular complexity index is 780. The Balaban J connectivity index is 2.02. The number of ether oxygens (including phenoxy) is 1. The summed E-state index contributed by atoms with van der Waals surface area (Å²) in [4.78, 5) is 4.71. The van der Waals surface area contributed by atoms with Crippen LogP contribution in [-0.4, -0.2) is 16.0 Å². The second kappa shape index (κ2) is 6.50. The standard InChI is InChI=1S/C17H18BrN3O/c1-2-9-22-14-6-3-12(4-7-14)17-15(10-19)21-11-13(18)5-8-16(21)20-17/h3-8,11H,2,9-10,19H2,1H3. The quantitative estimate of drug-likeness (QED) is 0.748. The highest BCUT2D eigenvalue weighted by molar-refractivity contribution is 9.10. The van der Waals surface area contributed by atoms with Crippen molar-refractivity contribution in [3.05, 3.63) is 52.8 Å². The lowest BCUT2D eigenvalue weighted by Crippen LogP contribution is -2.02. The van der Waals surface area contributed by atoms with E-state index < -0.39 is 0 Å². The molecule has 0 bridgehead atoms. The van der Waals surface area contributed by atoms with Crippen LogP contribution in [0.15, 0.2) is 47.1 Å². The molecule has 0 aliphatic carbocycles. The average Bonchev–Trinajstić information content (AvgIpc) is 2.91. The molecule has 2 aromatic heterocycles. The van der Waals surface area contributed by atoms with Gasteiger partial charge in [-0.05, 0) is 58.7 Å². The summed E-state index contributed by atoms with van der Waals surface area (Å²) in [6, 6.07) is 12.0. The normalized spacial score (nSPS) is 11.0. The predicted molar refractivity (Wildman–Crippen MR) is 92.0 cm³/mol. The van der Waals surface area contributed by atoms with Crippen LogP contribution < -0.4 is 10.5 Å². The van der Waals surface area contributed by atoms with Crippen LogP contribution in [0.1, 0.15) is 19.0 Å². The van der Waals surface area contributed by atoms with Crippen molar-refractivity contribution >= 4 is 21.6 Å². The third kappa shape index (κ3) is 2.87. The molecule has 0 aliphatic heterocycles. The van der Waals surface area contributed by atoms with Crippen molar-refractivity contribution in [3.8, 4) is 17.0 Å². The van der Waals surface area contributed by atoms with Gasteiger partial charge in [-0.2, -0.15) is 0 Å². The zero-order valence-electron chi connectivity index (χ0n) is 12.4. The molecule has 2 heterocycles. The molecule has 0 saturated heterocycles. The van der Waals surface area contributed by atoms with Crippen molar-refractivity contribution in [1.82, 2.24) is 9.38 Å². The van der Waals surface area contributed by atoms with Gasteiger partial charge in [0.1, 0.15) is 11.4 Å². The number of hydrogen-bond acceptors (Lipinski definition) is 3. The zero-order chi connectivity index (χ0) is 15.5. The average molecular weight is 360 g/mol. The maximum Gasteiger partial charge on any atom is 0.137 e. The Kier molecular flexibility index (Phi) is 4.45. The van der Waals surface area contributed by atoms with Crippen LogP contribution in [0.25, 0.3) is 16.9 Å². The molecule has 4 nitrogen and oxygen atoms in total. The molecule has 5 heteroatoms. The van der Waals surface area contributed by atoms with E-state index in [1.54, 1.807) is 0 Å². The van der Waals surface area contributed by atoms with E-state index in [1.165, 1.54) is 0 Å². The summed E-state index contributed by atoms with van der Waals surface area (Å²) in [5.74, 6) is 0.881. The van der Waals surface area contributed by atoms with E-state index in [0.717, 1.165) is 45.8 Å². The van der Waals surface area contributed by atoms with Gasteiger partial charge in [0.2, 0.25) is 0 Å². The van der Waals surface area contributed by atoms with Gasteiger partial charge in [0.25, 0.3) is 0 Å². The third-order valence-corrected chi connectivity index (χ3v) is 3.94. The SMILES string of the molecule is CCCOc1ccc(-c2nc3ccc(Br)cn3c2CN)cc1. The summed E-state index contributed by atoms with van der Waals surface area (Å²) in [7, 11) is 0. The molecular weight excluding hydrogens is 342 g/mol. The van der Waals surface area contributed by atoms with Crippen molar-refractivity contribution in [3.63, 3.8) is 0 Å². The number of pyridine rings is 1. The minimum absolute atomic E-state index is 0.432. The van der Waals surface area contributed by atoms with Gasteiger partial charge < -0.3 is 14.9 Å². The van der Waals surface area contributed by atoms with Crippen LogP contribution in [0.2, 0.25) is 0 Å². The molecule has 22 heavy (non-hydrogen) atoms. The molecule has 0 spiro atoms. The van der Waals surface area contributed by atoms with E-state index in [2.05, 4.69) is 22.9 Å². The smallest absolute Gasteiger partial charge is 0.137 e. The molecule has 114 valence electrons. The molecule has 0 fully saturated rings. The van der Waals surface area contributed by atoms with E-state index in [9.17, 15) is 0 Å². The van der Waals surface area contributed by atoms with Crippen molar-refractivity contribution < 1.29 is 4.74 Å². The summed E-state index contributed by atoms with van der Waals surface area (Å²) < 4.78 is 8.65. The fraction of sp³-hybridized carbons (Fsp3) is 0.235. The number of halogens is 1. The number of nitrogens with zero attached hydrogens (tertiary/aromatic N) is 2. The summed E-state index contributed by atoms with van der Waals surface area (Å²) in [5.41, 5.74) is 9.80. The first-order chi connectivity index (χ1) is 10.7. The highest BCUT2D eigenvalue weighted by Gasteiger charge is 2.13. The van der Waals surface area contributed by atoms with Gasteiger partial charge >= 0.3 is 0 Å². The number of nitrogens with two attached hydrogens (primary N) is 1. The third-order valence-electron chi connectivity index (χ3n) is 3.48. The molecule has 3 aromatic rings. The summed E-state index contributed by atoms with van der Waals surface area (Å²) >= 11 is 3.49. The van der Waals surface area contributed by atoms with Gasteiger partial charge in [-0.3, -0.25) is 0 Å². The first kappa shape index (κ1) is 15.1. The maximum absolute atomic E-state index is 5.94. The number of benzene rings is 1. The Hall–Kier alpha value is -1.85. The fourth-order valence-electron chi connectivity index (χ4n) is 2.42. The molecule has 0 saturated carbocycles. The van der Waals surface area contributed by atoms with Crippen molar-refractivity contribution in [2.45, 2.75) is 19.9 Å². The minimum atomic E-state index is 0.432. The van der Waals surface area contributed by atoms with E-state index in [0.29, 0.717) is 6.54 Å². The number of fused-ring (bicyclic) bond motifs is 1. The summed E-state index contributed by atoms with van der Waals surface area (Å²) in [5, 5.41) is 0. The van der Waals surface area contributed by atoms with Crippen LogP contribution in [-0.2, 0) is 6.54 Å². The number of imidazole rings is 1. The maximum atomic E-state index is 5.94. The highest BCUT2D eigenvalue weighted by Crippen LogP contribution is 2.27. The van der Waals surface area contributed by atoms with Gasteiger partial charge in [0, 0.05) is 22.8 Å². The van der Waals surface area contributed by atoms with Crippen molar-refractivity contribution in [1.29, 1.82) is 0 Å². The number of rotatable bonds is 5. The van der Waals surface area contributed by atoms with Crippen molar-refractivity contribution in [2.75, 3.05) is 6.61 Å². The molecular formula is C17H18BrN3O. The lowest BCUT2D eigenvalue weighted by Gasteiger charge is -2.06. The summed E-state index contributed by atoms with van der Waals surface area (Å²) in [6.45, 7) is 3.26. The van der Waals surface area contributed by atoms with Gasteiger partial charge in [-0.1, -0.05) is 6.92 Å². The van der Waals surface area contributed by atoms with Gasteiger partial charge in [-0.15, -0.1) is 0 Å². The molecule has 2 N–H and O–H groups in total. The zero-order valence-corrected chi connectivity index (χ0v) is 14.0. The fourth-order valence-corrected chi connectivity index (χ4v) is 2.76. The van der Waals surface area contributed by atoms with Crippen LogP contribution in [0.5, 0.6) is 5.75 Å². The van der Waals surface area contributed by atoms with Crippen LogP contribution in [0.3, 0.4) is 0 Å². The Morgan fingerprint density at radius 2 is 1.95 bits per heavy atom. The molecule has 0 radical (unpaired) electrons. The molecule has 1 aromatic carbocycles. The van der Waals surface area contributed by atoms with Gasteiger partial charge in [0.05, 0.1) is 18.0 Å². The Labute approximate surface area is 138 Å². The first-order valence-corrected chi connectivity index (χ1v) is 8.12. The summed E-state index contributed by atoms with van der Waals surface area (Å²) in [6.07, 6.45) is 2.99. The lowest BCUT2D eigenvalue weighted by molar-refractivity contribution is 0.317. The second-order valence-corrected chi connectivity index (χ2v) is 5.98. The van der Waals surface area contributed by atoms with Gasteiger partial charge in [-0.25, -0.2) is 4.98 Å². The molecule has 0 aliphatic rings. The number of hydrogen-bond donors (Lipinski definition) is 1. The van der Waals surface area contributed by atoms with Crippen LogP contribution >= 0.6 is 15.9 Å². The van der Waals surface area contributed by atoms with Crippen LogP contribution in [0.4, 0.5) is 0 Å². The van der Waals surface area contributed by atoms with E-state index in [1.807, 2.05) is 47.0 Å². The molecule has 3 rings (SSSR count). The van der Waals surface area contributed by atoms with E-state index >= 15 is 0 Å². The van der Waals surface area contributed by atoms with Crippen LogP contribution in [0, 0.1) is 0 Å². The first-order valence-electron chi connectivity index (χ1n) is 7.32. The largest absolute Gasteiger partial charge is 0.494 e. The molecule has 0 atom stereocenters. The van der Waals surface area contributed by atoms with Gasteiger partial charge in [0.15, 0.2) is 0 Å².